The molecule has 8 heteroatoms. The summed E-state index contributed by atoms with van der Waals surface area (Å²) >= 11 is 0.763. The fourth-order valence-electron chi connectivity index (χ4n) is 3.55. The Morgan fingerprint density at radius 1 is 1.00 bits per heavy atom. The van der Waals surface area contributed by atoms with Crippen LogP contribution in [-0.2, 0) is 9.59 Å². The van der Waals surface area contributed by atoms with Crippen molar-refractivity contribution in [1.29, 1.82) is 0 Å². The first-order valence-corrected chi connectivity index (χ1v) is 11.4. The minimum Gasteiger partial charge on any atom is -0.457 e. The summed E-state index contributed by atoms with van der Waals surface area (Å²) in [4.78, 5) is 50.3. The van der Waals surface area contributed by atoms with Crippen LogP contribution >= 0.6 is 11.8 Å². The van der Waals surface area contributed by atoms with Crippen molar-refractivity contribution in [3.8, 4) is 11.3 Å². The maximum absolute atomic E-state index is 12.8. The number of aryl methyl sites for hydroxylation is 2. The molecular weight excluding hydrogens is 452 g/mol. The van der Waals surface area contributed by atoms with Crippen molar-refractivity contribution < 1.29 is 23.6 Å². The summed E-state index contributed by atoms with van der Waals surface area (Å²) in [5.74, 6) is -0.0551. The van der Waals surface area contributed by atoms with Gasteiger partial charge in [-0.25, -0.2) is 0 Å². The predicted octanol–water partition coefficient (Wildman–Crippen LogP) is 5.44. The van der Waals surface area contributed by atoms with Crippen LogP contribution < -0.4 is 5.32 Å². The van der Waals surface area contributed by atoms with Crippen molar-refractivity contribution in [1.82, 2.24) is 4.90 Å². The molecule has 1 fully saturated rings. The van der Waals surface area contributed by atoms with E-state index in [1.165, 1.54) is 13.0 Å². The Labute approximate surface area is 200 Å². The molecule has 3 aromatic rings. The molecule has 0 unspecified atom stereocenters. The van der Waals surface area contributed by atoms with E-state index < -0.39 is 17.1 Å². The lowest BCUT2D eigenvalue weighted by Crippen LogP contribution is -2.36. The molecule has 0 aliphatic carbocycles. The van der Waals surface area contributed by atoms with Crippen molar-refractivity contribution >= 4 is 46.4 Å². The number of para-hydroxylation sites is 1. The van der Waals surface area contributed by atoms with E-state index in [1.807, 2.05) is 32.0 Å². The number of Topliss-reactive ketones (excluding diaryl/α,β-unsaturated/α-hetero) is 1. The zero-order chi connectivity index (χ0) is 24.4. The number of ketones is 1. The van der Waals surface area contributed by atoms with Crippen molar-refractivity contribution in [2.45, 2.75) is 20.8 Å². The van der Waals surface area contributed by atoms with Gasteiger partial charge >= 0.3 is 0 Å². The van der Waals surface area contributed by atoms with Gasteiger partial charge in [0.25, 0.3) is 11.1 Å². The molecule has 0 saturated carbocycles. The quantitative estimate of drug-likeness (QED) is 0.377. The van der Waals surface area contributed by atoms with Crippen molar-refractivity contribution in [2.75, 3.05) is 11.9 Å². The minimum atomic E-state index is -0.546. The number of carbonyl (C=O) groups excluding carboxylic acids is 4. The second-order valence-electron chi connectivity index (χ2n) is 7.92. The van der Waals surface area contributed by atoms with Crippen molar-refractivity contribution in [2.24, 2.45) is 0 Å². The molecule has 0 spiro atoms. The summed E-state index contributed by atoms with van der Waals surface area (Å²) in [5, 5.41) is 2.28. The standard InChI is InChI=1S/C26H22N2O5S/c1-15-5-4-6-16(2)24(15)27-23(30)14-28-25(31)22(34-26(28)32)13-20-11-12-21(33-20)19-9-7-18(8-10-19)17(3)29/h4-13H,14H2,1-3H3,(H,27,30)/b22-13+. The number of imide groups is 1. The molecule has 4 rings (SSSR count). The van der Waals surface area contributed by atoms with Crippen LogP contribution in [0.2, 0.25) is 0 Å². The highest BCUT2D eigenvalue weighted by atomic mass is 32.2. The fourth-order valence-corrected chi connectivity index (χ4v) is 4.37. The number of anilines is 1. The summed E-state index contributed by atoms with van der Waals surface area (Å²) in [7, 11) is 0. The summed E-state index contributed by atoms with van der Waals surface area (Å²) in [6.45, 7) is 4.88. The first-order valence-electron chi connectivity index (χ1n) is 10.6. The van der Waals surface area contributed by atoms with Crippen molar-refractivity contribution in [3.63, 3.8) is 0 Å². The Bertz CT molecular complexity index is 1320. The Morgan fingerprint density at radius 2 is 1.68 bits per heavy atom. The highest BCUT2D eigenvalue weighted by Gasteiger charge is 2.36. The molecule has 1 aromatic heterocycles. The largest absolute Gasteiger partial charge is 0.457 e. The molecule has 1 aliphatic heterocycles. The first-order chi connectivity index (χ1) is 16.2. The van der Waals surface area contributed by atoms with E-state index in [1.54, 1.807) is 36.4 Å². The summed E-state index contributed by atoms with van der Waals surface area (Å²) in [5.41, 5.74) is 3.85. The van der Waals surface area contributed by atoms with Gasteiger partial charge in [0.1, 0.15) is 18.1 Å². The highest BCUT2D eigenvalue weighted by molar-refractivity contribution is 8.18. The number of nitrogens with one attached hydrogen (secondary N) is 1. The van der Waals surface area contributed by atoms with E-state index in [-0.39, 0.29) is 17.2 Å². The Hall–Kier alpha value is -3.91. The second kappa shape index (κ2) is 9.52. The molecule has 0 bridgehead atoms. The number of thioether (sulfide) groups is 1. The van der Waals surface area contributed by atoms with Gasteiger partial charge in [-0.1, -0.05) is 42.5 Å². The number of rotatable bonds is 6. The number of amides is 3. The van der Waals surface area contributed by atoms with Gasteiger partial charge in [-0.3, -0.25) is 24.1 Å². The van der Waals surface area contributed by atoms with Gasteiger partial charge in [0, 0.05) is 22.9 Å². The molecule has 0 radical (unpaired) electrons. The van der Waals surface area contributed by atoms with Crippen LogP contribution in [-0.4, -0.2) is 34.3 Å². The van der Waals surface area contributed by atoms with E-state index in [9.17, 15) is 19.2 Å². The van der Waals surface area contributed by atoms with Crippen LogP contribution in [0.4, 0.5) is 10.5 Å². The third kappa shape index (κ3) is 4.87. The third-order valence-electron chi connectivity index (χ3n) is 5.40. The van der Waals surface area contributed by atoms with Crippen LogP contribution in [0.25, 0.3) is 17.4 Å². The molecule has 3 amide bonds. The molecule has 172 valence electrons. The lowest BCUT2D eigenvalue weighted by Gasteiger charge is -2.15. The van der Waals surface area contributed by atoms with Gasteiger partial charge < -0.3 is 9.73 Å². The monoisotopic (exact) mass is 474 g/mol. The smallest absolute Gasteiger partial charge is 0.294 e. The van der Waals surface area contributed by atoms with Crippen LogP contribution in [0.15, 0.2) is 63.9 Å². The molecule has 2 heterocycles. The SMILES string of the molecule is CC(=O)c1ccc(-c2ccc(/C=C3/SC(=O)N(CC(=O)Nc4c(C)cccc4C)C3=O)o2)cc1. The number of carbonyl (C=O) groups is 4. The fraction of sp³-hybridized carbons (Fsp3) is 0.154. The molecule has 1 N–H and O–H groups in total. The molecule has 1 aliphatic rings. The maximum Gasteiger partial charge on any atom is 0.294 e. The Kier molecular flexibility index (Phi) is 6.51. The second-order valence-corrected chi connectivity index (χ2v) is 8.91. The lowest BCUT2D eigenvalue weighted by molar-refractivity contribution is -0.127. The normalized spacial score (nSPS) is 14.7. The molecule has 34 heavy (non-hydrogen) atoms. The molecule has 0 atom stereocenters. The molecule has 1 saturated heterocycles. The van der Waals surface area contributed by atoms with Crippen LogP contribution in [0.3, 0.4) is 0 Å². The van der Waals surface area contributed by atoms with Gasteiger partial charge in [-0.2, -0.15) is 0 Å². The van der Waals surface area contributed by atoms with Gasteiger partial charge in [0.2, 0.25) is 5.91 Å². The van der Waals surface area contributed by atoms with E-state index >= 15 is 0 Å². The summed E-state index contributed by atoms with van der Waals surface area (Å²) in [6, 6.07) is 16.1. The Morgan fingerprint density at radius 3 is 2.32 bits per heavy atom. The molecule has 2 aromatic carbocycles. The topological polar surface area (TPSA) is 96.7 Å². The third-order valence-corrected chi connectivity index (χ3v) is 6.30. The van der Waals surface area contributed by atoms with Crippen LogP contribution in [0.1, 0.15) is 34.2 Å². The van der Waals surface area contributed by atoms with E-state index in [0.29, 0.717) is 22.8 Å². The zero-order valence-electron chi connectivity index (χ0n) is 18.9. The zero-order valence-corrected chi connectivity index (χ0v) is 19.7. The van der Waals surface area contributed by atoms with E-state index in [0.717, 1.165) is 33.4 Å². The van der Waals surface area contributed by atoms with E-state index in [4.69, 9.17) is 4.42 Å². The van der Waals surface area contributed by atoms with Gasteiger partial charge in [0.05, 0.1) is 4.91 Å². The molecule has 7 nitrogen and oxygen atoms in total. The average Bonchev–Trinajstić information content (AvgIpc) is 3.37. The number of hydrogen-bond donors (Lipinski definition) is 1. The van der Waals surface area contributed by atoms with Gasteiger partial charge in [0.15, 0.2) is 5.78 Å². The number of nitrogens with zero attached hydrogens (tertiary/aromatic N) is 1. The average molecular weight is 475 g/mol. The molecular formula is C26H22N2O5S. The van der Waals surface area contributed by atoms with Gasteiger partial charge in [-0.15, -0.1) is 0 Å². The summed E-state index contributed by atoms with van der Waals surface area (Å²) in [6.07, 6.45) is 1.49. The van der Waals surface area contributed by atoms with Crippen LogP contribution in [0, 0.1) is 13.8 Å². The number of hydrogen-bond acceptors (Lipinski definition) is 6. The lowest BCUT2D eigenvalue weighted by atomic mass is 10.1. The number of furan rings is 1. The minimum absolute atomic E-state index is 0.0230. The Balaban J connectivity index is 1.46. The highest BCUT2D eigenvalue weighted by Crippen LogP contribution is 2.33. The number of benzene rings is 2. The van der Waals surface area contributed by atoms with E-state index in [2.05, 4.69) is 5.32 Å². The predicted molar refractivity (Wildman–Crippen MR) is 131 cm³/mol. The first kappa shape index (κ1) is 23.3. The summed E-state index contributed by atoms with van der Waals surface area (Å²) < 4.78 is 5.80. The maximum atomic E-state index is 12.8. The van der Waals surface area contributed by atoms with Crippen LogP contribution in [0.5, 0.6) is 0 Å². The van der Waals surface area contributed by atoms with Gasteiger partial charge in [-0.05, 0) is 55.8 Å². The van der Waals surface area contributed by atoms with Crippen molar-refractivity contribution in [3.05, 3.63) is 82.0 Å².